The van der Waals surface area contributed by atoms with Gasteiger partial charge in [-0.2, -0.15) is 0 Å². The Morgan fingerprint density at radius 2 is 2.21 bits per heavy atom. The van der Waals surface area contributed by atoms with Gasteiger partial charge < -0.3 is 15.4 Å². The standard InChI is InChI=1S/C18H20N4O2/c23-18(21-14-9-13-11-24-8-6-15(13)20-10-14)22-17(12-4-5-12)16-3-1-2-7-19-16/h1-3,7,9-10,12,17H,4-6,8,11H2,(H2,21,22,23). The molecule has 1 atom stereocenters. The van der Waals surface area contributed by atoms with E-state index in [1.165, 1.54) is 0 Å². The Hall–Kier alpha value is -2.47. The summed E-state index contributed by atoms with van der Waals surface area (Å²) in [6.45, 7) is 1.26. The van der Waals surface area contributed by atoms with E-state index in [0.717, 1.165) is 36.2 Å². The fourth-order valence-corrected chi connectivity index (χ4v) is 3.04. The average Bonchev–Trinajstić information content (AvgIpc) is 3.45. The highest BCUT2D eigenvalue weighted by molar-refractivity contribution is 5.89. The van der Waals surface area contributed by atoms with Gasteiger partial charge in [-0.15, -0.1) is 0 Å². The van der Waals surface area contributed by atoms with Crippen molar-refractivity contribution in [1.82, 2.24) is 15.3 Å². The third-order valence-electron chi connectivity index (χ3n) is 4.44. The Kier molecular flexibility index (Phi) is 4.13. The van der Waals surface area contributed by atoms with Crippen LogP contribution in [0, 0.1) is 5.92 Å². The lowest BCUT2D eigenvalue weighted by atomic mass is 10.1. The molecule has 3 heterocycles. The van der Waals surface area contributed by atoms with Gasteiger partial charge in [0.05, 0.1) is 36.8 Å². The first-order chi connectivity index (χ1) is 11.8. The van der Waals surface area contributed by atoms with Crippen LogP contribution < -0.4 is 10.6 Å². The number of aromatic nitrogens is 2. The second-order valence-corrected chi connectivity index (χ2v) is 6.30. The topological polar surface area (TPSA) is 76.1 Å². The minimum atomic E-state index is -0.226. The summed E-state index contributed by atoms with van der Waals surface area (Å²) in [6, 6.07) is 7.46. The van der Waals surface area contributed by atoms with Crippen LogP contribution in [0.15, 0.2) is 36.7 Å². The van der Waals surface area contributed by atoms with E-state index in [0.29, 0.717) is 24.8 Å². The van der Waals surface area contributed by atoms with Crippen molar-refractivity contribution in [2.45, 2.75) is 31.9 Å². The first kappa shape index (κ1) is 15.1. The summed E-state index contributed by atoms with van der Waals surface area (Å²) in [4.78, 5) is 21.2. The lowest BCUT2D eigenvalue weighted by Gasteiger charge is -2.19. The predicted octanol–water partition coefficient (Wildman–Crippen LogP) is 2.82. The summed E-state index contributed by atoms with van der Waals surface area (Å²) in [6.07, 6.45) is 6.54. The van der Waals surface area contributed by atoms with E-state index in [9.17, 15) is 4.79 Å². The van der Waals surface area contributed by atoms with Gasteiger partial charge in [-0.25, -0.2) is 4.79 Å². The molecule has 2 aliphatic rings. The maximum atomic E-state index is 12.4. The van der Waals surface area contributed by atoms with Gasteiger partial charge >= 0.3 is 6.03 Å². The number of hydrogen-bond acceptors (Lipinski definition) is 4. The Bertz CT molecular complexity index is 731. The molecule has 1 saturated carbocycles. The molecule has 0 spiro atoms. The highest BCUT2D eigenvalue weighted by atomic mass is 16.5. The maximum absolute atomic E-state index is 12.4. The highest BCUT2D eigenvalue weighted by Gasteiger charge is 2.34. The van der Waals surface area contributed by atoms with Gasteiger partial charge in [0, 0.05) is 23.9 Å². The van der Waals surface area contributed by atoms with Crippen LogP contribution in [0.2, 0.25) is 0 Å². The Morgan fingerprint density at radius 3 is 3.00 bits per heavy atom. The minimum absolute atomic E-state index is 0.0416. The molecule has 4 rings (SSSR count). The van der Waals surface area contributed by atoms with Crippen LogP contribution in [-0.2, 0) is 17.8 Å². The van der Waals surface area contributed by atoms with E-state index >= 15 is 0 Å². The monoisotopic (exact) mass is 324 g/mol. The normalized spacial score (nSPS) is 17.7. The lowest BCUT2D eigenvalue weighted by Crippen LogP contribution is -2.34. The van der Waals surface area contributed by atoms with Crippen molar-refractivity contribution in [3.8, 4) is 0 Å². The smallest absolute Gasteiger partial charge is 0.319 e. The summed E-state index contributed by atoms with van der Waals surface area (Å²) >= 11 is 0. The van der Waals surface area contributed by atoms with E-state index < -0.39 is 0 Å². The van der Waals surface area contributed by atoms with E-state index in [2.05, 4.69) is 20.6 Å². The first-order valence-corrected chi connectivity index (χ1v) is 8.33. The van der Waals surface area contributed by atoms with Crippen molar-refractivity contribution < 1.29 is 9.53 Å². The molecule has 2 aromatic rings. The summed E-state index contributed by atoms with van der Waals surface area (Å²) in [7, 11) is 0. The van der Waals surface area contributed by atoms with Gasteiger partial charge in [-0.1, -0.05) is 6.07 Å². The van der Waals surface area contributed by atoms with Gasteiger partial charge in [-0.05, 0) is 37.0 Å². The van der Waals surface area contributed by atoms with Crippen LogP contribution >= 0.6 is 0 Å². The van der Waals surface area contributed by atoms with Crippen LogP contribution in [0.25, 0.3) is 0 Å². The van der Waals surface area contributed by atoms with Crippen LogP contribution in [-0.4, -0.2) is 22.6 Å². The molecule has 6 heteroatoms. The molecule has 0 aromatic carbocycles. The summed E-state index contributed by atoms with van der Waals surface area (Å²) in [5, 5.41) is 5.93. The van der Waals surface area contributed by atoms with Crippen molar-refractivity contribution in [1.29, 1.82) is 0 Å². The van der Waals surface area contributed by atoms with Gasteiger partial charge in [0.2, 0.25) is 0 Å². The van der Waals surface area contributed by atoms with Gasteiger partial charge in [0.15, 0.2) is 0 Å². The predicted molar refractivity (Wildman–Crippen MR) is 89.5 cm³/mol. The molecule has 2 N–H and O–H groups in total. The number of hydrogen-bond donors (Lipinski definition) is 2. The average molecular weight is 324 g/mol. The fourth-order valence-electron chi connectivity index (χ4n) is 3.04. The SMILES string of the molecule is O=C(Nc1cnc2c(c1)COCC2)NC(c1ccccn1)C1CC1. The largest absolute Gasteiger partial charge is 0.376 e. The van der Waals surface area contributed by atoms with Crippen LogP contribution in [0.4, 0.5) is 10.5 Å². The number of urea groups is 1. The fraction of sp³-hybridized carbons (Fsp3) is 0.389. The number of carbonyl (C=O) groups is 1. The molecule has 0 saturated heterocycles. The lowest BCUT2D eigenvalue weighted by molar-refractivity contribution is 0.109. The first-order valence-electron chi connectivity index (χ1n) is 8.33. The maximum Gasteiger partial charge on any atom is 0.319 e. The summed E-state index contributed by atoms with van der Waals surface area (Å²) in [5.41, 5.74) is 3.69. The van der Waals surface area contributed by atoms with E-state index in [1.807, 2.05) is 24.3 Å². The summed E-state index contributed by atoms with van der Waals surface area (Å²) < 4.78 is 5.44. The molecular formula is C18H20N4O2. The second kappa shape index (κ2) is 6.57. The molecular weight excluding hydrogens is 304 g/mol. The van der Waals surface area contributed by atoms with Gasteiger partial charge in [-0.3, -0.25) is 9.97 Å². The van der Waals surface area contributed by atoms with Crippen molar-refractivity contribution in [2.75, 3.05) is 11.9 Å². The van der Waals surface area contributed by atoms with Crippen molar-refractivity contribution in [2.24, 2.45) is 5.92 Å². The van der Waals surface area contributed by atoms with E-state index in [4.69, 9.17) is 4.74 Å². The third-order valence-corrected chi connectivity index (χ3v) is 4.44. The molecule has 0 bridgehead atoms. The molecule has 124 valence electrons. The van der Waals surface area contributed by atoms with Crippen LogP contribution in [0.3, 0.4) is 0 Å². The minimum Gasteiger partial charge on any atom is -0.376 e. The molecule has 2 amide bonds. The molecule has 6 nitrogen and oxygen atoms in total. The van der Waals surface area contributed by atoms with Crippen molar-refractivity contribution in [3.05, 3.63) is 53.6 Å². The molecule has 1 fully saturated rings. The Morgan fingerprint density at radius 1 is 1.29 bits per heavy atom. The van der Waals surface area contributed by atoms with Gasteiger partial charge in [0.1, 0.15) is 0 Å². The van der Waals surface area contributed by atoms with Crippen LogP contribution in [0.1, 0.15) is 35.8 Å². The molecule has 1 aliphatic carbocycles. The number of amides is 2. The number of carbonyl (C=O) groups excluding carboxylic acids is 1. The zero-order chi connectivity index (χ0) is 16.4. The number of rotatable bonds is 4. The molecule has 1 unspecified atom stereocenters. The number of nitrogens with zero attached hydrogens (tertiary/aromatic N) is 2. The molecule has 24 heavy (non-hydrogen) atoms. The molecule has 1 aliphatic heterocycles. The number of anilines is 1. The number of nitrogens with one attached hydrogen (secondary N) is 2. The van der Waals surface area contributed by atoms with Gasteiger partial charge in [0.25, 0.3) is 0 Å². The van der Waals surface area contributed by atoms with E-state index in [-0.39, 0.29) is 12.1 Å². The summed E-state index contributed by atoms with van der Waals surface area (Å²) in [5.74, 6) is 0.473. The molecule has 0 radical (unpaired) electrons. The number of ether oxygens (including phenoxy) is 1. The van der Waals surface area contributed by atoms with E-state index in [1.54, 1.807) is 12.4 Å². The zero-order valence-electron chi connectivity index (χ0n) is 13.4. The van der Waals surface area contributed by atoms with Crippen molar-refractivity contribution in [3.63, 3.8) is 0 Å². The zero-order valence-corrected chi connectivity index (χ0v) is 13.4. The number of pyridine rings is 2. The third kappa shape index (κ3) is 3.38. The molecule has 2 aromatic heterocycles. The Balaban J connectivity index is 1.44. The quantitative estimate of drug-likeness (QED) is 0.907. The number of fused-ring (bicyclic) bond motifs is 1. The Labute approximate surface area is 140 Å². The van der Waals surface area contributed by atoms with Crippen molar-refractivity contribution >= 4 is 11.7 Å². The van der Waals surface area contributed by atoms with Crippen LogP contribution in [0.5, 0.6) is 0 Å². The highest BCUT2D eigenvalue weighted by Crippen LogP contribution is 2.40. The second-order valence-electron chi connectivity index (χ2n) is 6.30.